The van der Waals surface area contributed by atoms with Crippen LogP contribution in [0.3, 0.4) is 0 Å². The number of hydrogen-bond acceptors (Lipinski definition) is 4. The van der Waals surface area contributed by atoms with Crippen LogP contribution in [0.4, 0.5) is 0 Å². The van der Waals surface area contributed by atoms with E-state index in [0.717, 1.165) is 9.37 Å². The maximum absolute atomic E-state index is 11.7. The maximum Gasteiger partial charge on any atom is 0.315 e. The van der Waals surface area contributed by atoms with Crippen molar-refractivity contribution in [2.24, 2.45) is 5.92 Å². The smallest absolute Gasteiger partial charge is 0.315 e. The van der Waals surface area contributed by atoms with Crippen molar-refractivity contribution >= 4 is 39.4 Å². The first-order chi connectivity index (χ1) is 8.06. The topological polar surface area (TPSA) is 43.4 Å². The van der Waals surface area contributed by atoms with Crippen molar-refractivity contribution in [3.63, 3.8) is 0 Å². The van der Waals surface area contributed by atoms with E-state index in [2.05, 4.69) is 20.7 Å². The van der Waals surface area contributed by atoms with Gasteiger partial charge in [0, 0.05) is 9.37 Å². The van der Waals surface area contributed by atoms with Crippen molar-refractivity contribution in [2.45, 2.75) is 11.8 Å². The first kappa shape index (κ1) is 14.3. The van der Waals surface area contributed by atoms with Crippen molar-refractivity contribution in [3.05, 3.63) is 28.7 Å². The summed E-state index contributed by atoms with van der Waals surface area (Å²) in [6.07, 6.45) is 0. The number of methoxy groups -OCH3 is 1. The second-order valence-corrected chi connectivity index (χ2v) is 5.30. The number of thioether (sulfide) groups is 1. The molecule has 5 heteroatoms. The molecule has 3 nitrogen and oxygen atoms in total. The van der Waals surface area contributed by atoms with Crippen LogP contribution in [0.5, 0.6) is 0 Å². The summed E-state index contributed by atoms with van der Waals surface area (Å²) in [6, 6.07) is 7.65. The van der Waals surface area contributed by atoms with Gasteiger partial charge in [-0.2, -0.15) is 0 Å². The monoisotopic (exact) mass is 316 g/mol. The molecule has 0 N–H and O–H groups in total. The van der Waals surface area contributed by atoms with Gasteiger partial charge in [0.15, 0.2) is 5.78 Å². The van der Waals surface area contributed by atoms with Crippen LogP contribution in [0, 0.1) is 5.92 Å². The van der Waals surface area contributed by atoms with Crippen LogP contribution in [0.2, 0.25) is 0 Å². The summed E-state index contributed by atoms with van der Waals surface area (Å²) >= 11 is 4.81. The predicted molar refractivity (Wildman–Crippen MR) is 71.1 cm³/mol. The lowest BCUT2D eigenvalue weighted by Gasteiger charge is -2.08. The fourth-order valence-electron chi connectivity index (χ4n) is 1.14. The molecule has 0 bridgehead atoms. The number of carbonyl (C=O) groups excluding carboxylic acids is 2. The minimum atomic E-state index is -0.699. The average molecular weight is 317 g/mol. The molecule has 0 saturated heterocycles. The van der Waals surface area contributed by atoms with Crippen LogP contribution < -0.4 is 0 Å². The summed E-state index contributed by atoms with van der Waals surface area (Å²) in [5.41, 5.74) is 0. The number of halogens is 1. The zero-order valence-corrected chi connectivity index (χ0v) is 12.0. The third-order valence-corrected chi connectivity index (χ3v) is 4.29. The molecule has 0 fully saturated rings. The van der Waals surface area contributed by atoms with Crippen molar-refractivity contribution in [2.75, 3.05) is 12.9 Å². The Morgan fingerprint density at radius 1 is 1.41 bits per heavy atom. The Kier molecular flexibility index (Phi) is 5.71. The fraction of sp³-hybridized carbons (Fsp3) is 0.333. The van der Waals surface area contributed by atoms with Crippen molar-refractivity contribution in [3.8, 4) is 0 Å². The molecule has 1 atom stereocenters. The number of ether oxygens (including phenoxy) is 1. The first-order valence-corrected chi connectivity index (χ1v) is 6.82. The van der Waals surface area contributed by atoms with E-state index in [1.807, 2.05) is 24.3 Å². The number of Topliss-reactive ketones (excluding diaryl/α,β-unsaturated/α-hetero) is 1. The number of carbonyl (C=O) groups is 2. The minimum Gasteiger partial charge on any atom is -0.468 e. The second-order valence-electron chi connectivity index (χ2n) is 3.43. The van der Waals surface area contributed by atoms with E-state index in [1.54, 1.807) is 6.92 Å². The van der Waals surface area contributed by atoms with Crippen LogP contribution in [0.15, 0.2) is 33.6 Å². The number of esters is 1. The number of hydrogen-bond donors (Lipinski definition) is 0. The normalized spacial score (nSPS) is 11.9. The third kappa shape index (κ3) is 4.16. The Morgan fingerprint density at radius 2 is 2.06 bits per heavy atom. The molecule has 0 heterocycles. The van der Waals surface area contributed by atoms with Crippen molar-refractivity contribution in [1.82, 2.24) is 0 Å². The maximum atomic E-state index is 11.7. The molecule has 0 saturated carbocycles. The van der Waals surface area contributed by atoms with Gasteiger partial charge in [0.05, 0.1) is 12.9 Å². The largest absolute Gasteiger partial charge is 0.468 e. The highest BCUT2D eigenvalue weighted by molar-refractivity contribution is 9.10. The quantitative estimate of drug-likeness (QED) is 0.476. The Balaban J connectivity index is 2.54. The lowest BCUT2D eigenvalue weighted by molar-refractivity contribution is -0.147. The van der Waals surface area contributed by atoms with Gasteiger partial charge in [0.1, 0.15) is 5.92 Å². The van der Waals surface area contributed by atoms with E-state index in [9.17, 15) is 9.59 Å². The van der Waals surface area contributed by atoms with Crippen LogP contribution in [0.1, 0.15) is 6.92 Å². The van der Waals surface area contributed by atoms with Crippen LogP contribution in [-0.2, 0) is 14.3 Å². The van der Waals surface area contributed by atoms with E-state index in [1.165, 1.54) is 18.9 Å². The Bertz CT molecular complexity index is 420. The van der Waals surface area contributed by atoms with Gasteiger partial charge in [-0.05, 0) is 35.0 Å². The first-order valence-electron chi connectivity index (χ1n) is 5.04. The fourth-order valence-corrected chi connectivity index (χ4v) is 2.70. The van der Waals surface area contributed by atoms with Gasteiger partial charge in [0.2, 0.25) is 0 Å². The summed E-state index contributed by atoms with van der Waals surface area (Å²) in [5, 5.41) is 0. The molecule has 0 aliphatic heterocycles. The van der Waals surface area contributed by atoms with Crippen molar-refractivity contribution < 1.29 is 14.3 Å². The molecule has 92 valence electrons. The molecular weight excluding hydrogens is 304 g/mol. The molecule has 0 radical (unpaired) electrons. The van der Waals surface area contributed by atoms with Gasteiger partial charge in [0.25, 0.3) is 0 Å². The summed E-state index contributed by atoms with van der Waals surface area (Å²) in [4.78, 5) is 23.8. The molecular formula is C12H13BrO3S. The lowest BCUT2D eigenvalue weighted by atomic mass is 10.1. The van der Waals surface area contributed by atoms with Gasteiger partial charge < -0.3 is 4.74 Å². The van der Waals surface area contributed by atoms with Gasteiger partial charge in [-0.25, -0.2) is 0 Å². The summed E-state index contributed by atoms with van der Waals surface area (Å²) in [6.45, 7) is 1.56. The standard InChI is InChI=1S/C12H13BrO3S/c1-8(12(15)16-2)10(14)7-17-11-6-4-3-5-9(11)13/h3-6,8H,7H2,1-2H3. The molecule has 0 aliphatic rings. The molecule has 0 aromatic heterocycles. The zero-order valence-electron chi connectivity index (χ0n) is 9.60. The van der Waals surface area contributed by atoms with Gasteiger partial charge in [-0.3, -0.25) is 9.59 Å². The van der Waals surface area contributed by atoms with E-state index in [-0.39, 0.29) is 11.5 Å². The molecule has 0 spiro atoms. The zero-order chi connectivity index (χ0) is 12.8. The van der Waals surface area contributed by atoms with Gasteiger partial charge in [-0.1, -0.05) is 12.1 Å². The van der Waals surface area contributed by atoms with Crippen molar-refractivity contribution in [1.29, 1.82) is 0 Å². The molecule has 0 amide bonds. The minimum absolute atomic E-state index is 0.127. The number of ketones is 1. The molecule has 17 heavy (non-hydrogen) atoms. The van der Waals surface area contributed by atoms with E-state index < -0.39 is 11.9 Å². The molecule has 1 aromatic carbocycles. The summed E-state index contributed by atoms with van der Waals surface area (Å²) < 4.78 is 5.48. The Hall–Kier alpha value is -0.810. The average Bonchev–Trinajstić information content (AvgIpc) is 2.35. The van der Waals surface area contributed by atoms with Crippen LogP contribution >= 0.6 is 27.7 Å². The number of benzene rings is 1. The predicted octanol–water partition coefficient (Wildman–Crippen LogP) is 2.92. The molecule has 0 aliphatic carbocycles. The van der Waals surface area contributed by atoms with Crippen LogP contribution in [-0.4, -0.2) is 24.6 Å². The highest BCUT2D eigenvalue weighted by Gasteiger charge is 2.21. The Labute approximate surface area is 113 Å². The molecule has 1 unspecified atom stereocenters. The number of rotatable bonds is 5. The second kappa shape index (κ2) is 6.81. The SMILES string of the molecule is COC(=O)C(C)C(=O)CSc1ccccc1Br. The summed E-state index contributed by atoms with van der Waals surface area (Å²) in [7, 11) is 1.28. The van der Waals surface area contributed by atoms with E-state index >= 15 is 0 Å². The molecule has 1 rings (SSSR count). The molecule has 1 aromatic rings. The summed E-state index contributed by atoms with van der Waals surface area (Å²) in [5.74, 6) is -1.05. The van der Waals surface area contributed by atoms with Gasteiger partial charge >= 0.3 is 5.97 Å². The third-order valence-electron chi connectivity index (χ3n) is 2.24. The van der Waals surface area contributed by atoms with E-state index in [4.69, 9.17) is 0 Å². The highest BCUT2D eigenvalue weighted by Crippen LogP contribution is 2.27. The highest BCUT2D eigenvalue weighted by atomic mass is 79.9. The Morgan fingerprint density at radius 3 is 2.65 bits per heavy atom. The van der Waals surface area contributed by atoms with Crippen LogP contribution in [0.25, 0.3) is 0 Å². The van der Waals surface area contributed by atoms with Gasteiger partial charge in [-0.15, -0.1) is 11.8 Å². The lowest BCUT2D eigenvalue weighted by Crippen LogP contribution is -2.23. The van der Waals surface area contributed by atoms with E-state index in [0.29, 0.717) is 0 Å².